The molecule has 1 N–H and O–H groups in total. The number of hydrogen-bond acceptors (Lipinski definition) is 1. The fraction of sp³-hybridized carbons (Fsp3) is 0.667. The van der Waals surface area contributed by atoms with Crippen molar-refractivity contribution >= 4 is 0 Å². The van der Waals surface area contributed by atoms with Gasteiger partial charge in [-0.1, -0.05) is 25.0 Å². The molecule has 0 aromatic rings. The largest absolute Gasteiger partial charge is 0.385 e. The van der Waals surface area contributed by atoms with Crippen LogP contribution >= 0.6 is 0 Å². The zero-order chi connectivity index (χ0) is 9.31. The van der Waals surface area contributed by atoms with Crippen LogP contribution < -0.4 is 5.32 Å². The molecule has 2 aliphatic rings. The molecule has 1 heteroatoms. The first kappa shape index (κ1) is 8.86. The Morgan fingerprint density at radius 1 is 1.38 bits per heavy atom. The standard InChI is InChI=1S/C12H19N/c1-10(2)11-5-8-12(13-9-11)6-3-4-7-12/h9,13H,1,3-8H2,2H3. The third-order valence-corrected chi connectivity index (χ3v) is 3.53. The van der Waals surface area contributed by atoms with E-state index in [0.717, 1.165) is 0 Å². The average molecular weight is 177 g/mol. The molecule has 1 aliphatic carbocycles. The van der Waals surface area contributed by atoms with Crippen molar-refractivity contribution in [2.45, 2.75) is 51.0 Å². The maximum Gasteiger partial charge on any atom is 0.0371 e. The second-order valence-corrected chi connectivity index (χ2v) is 4.58. The van der Waals surface area contributed by atoms with Gasteiger partial charge in [0.1, 0.15) is 0 Å². The van der Waals surface area contributed by atoms with Crippen LogP contribution in [0.25, 0.3) is 0 Å². The quantitative estimate of drug-likeness (QED) is 0.649. The zero-order valence-electron chi connectivity index (χ0n) is 8.53. The summed E-state index contributed by atoms with van der Waals surface area (Å²) in [6, 6.07) is 0. The molecule has 0 atom stereocenters. The lowest BCUT2D eigenvalue weighted by Gasteiger charge is -2.34. The molecule has 0 unspecified atom stereocenters. The summed E-state index contributed by atoms with van der Waals surface area (Å²) in [5, 5.41) is 3.60. The summed E-state index contributed by atoms with van der Waals surface area (Å²) in [5.74, 6) is 0. The summed E-state index contributed by atoms with van der Waals surface area (Å²) in [7, 11) is 0. The van der Waals surface area contributed by atoms with Gasteiger partial charge in [-0.2, -0.15) is 0 Å². The Kier molecular flexibility index (Phi) is 2.19. The fourth-order valence-corrected chi connectivity index (χ4v) is 2.54. The van der Waals surface area contributed by atoms with Gasteiger partial charge in [-0.3, -0.25) is 0 Å². The molecule has 1 spiro atoms. The number of allylic oxidation sites excluding steroid dienone is 2. The minimum absolute atomic E-state index is 0.471. The van der Waals surface area contributed by atoms with Crippen LogP contribution in [-0.4, -0.2) is 5.54 Å². The van der Waals surface area contributed by atoms with Gasteiger partial charge in [0, 0.05) is 11.7 Å². The number of nitrogens with one attached hydrogen (secondary N) is 1. The van der Waals surface area contributed by atoms with Crippen molar-refractivity contribution in [3.63, 3.8) is 0 Å². The third-order valence-electron chi connectivity index (χ3n) is 3.53. The maximum atomic E-state index is 3.99. The van der Waals surface area contributed by atoms with Crippen LogP contribution in [0.2, 0.25) is 0 Å². The Morgan fingerprint density at radius 2 is 2.08 bits per heavy atom. The second-order valence-electron chi connectivity index (χ2n) is 4.58. The van der Waals surface area contributed by atoms with E-state index in [2.05, 4.69) is 25.0 Å². The van der Waals surface area contributed by atoms with Gasteiger partial charge < -0.3 is 5.32 Å². The van der Waals surface area contributed by atoms with Crippen LogP contribution in [0.4, 0.5) is 0 Å². The molecule has 1 heterocycles. The van der Waals surface area contributed by atoms with Crippen molar-refractivity contribution in [2.24, 2.45) is 0 Å². The highest BCUT2D eigenvalue weighted by Gasteiger charge is 2.34. The Balaban J connectivity index is 2.06. The van der Waals surface area contributed by atoms with Gasteiger partial charge in [-0.05, 0) is 38.2 Å². The molecule has 0 saturated heterocycles. The molecular weight excluding hydrogens is 158 g/mol. The van der Waals surface area contributed by atoms with Gasteiger partial charge in [0.05, 0.1) is 0 Å². The van der Waals surface area contributed by atoms with Crippen LogP contribution in [0.3, 0.4) is 0 Å². The zero-order valence-corrected chi connectivity index (χ0v) is 8.53. The van der Waals surface area contributed by atoms with E-state index >= 15 is 0 Å². The lowest BCUT2D eigenvalue weighted by molar-refractivity contribution is 0.332. The molecule has 1 nitrogen and oxygen atoms in total. The van der Waals surface area contributed by atoms with Crippen molar-refractivity contribution in [1.29, 1.82) is 0 Å². The average Bonchev–Trinajstić information content (AvgIpc) is 2.54. The predicted molar refractivity (Wildman–Crippen MR) is 56.5 cm³/mol. The molecule has 0 aromatic heterocycles. The number of hydrogen-bond donors (Lipinski definition) is 1. The minimum atomic E-state index is 0.471. The van der Waals surface area contributed by atoms with E-state index in [0.29, 0.717) is 5.54 Å². The maximum absolute atomic E-state index is 3.99. The molecule has 0 radical (unpaired) electrons. The van der Waals surface area contributed by atoms with E-state index < -0.39 is 0 Å². The summed E-state index contributed by atoms with van der Waals surface area (Å²) in [6.07, 6.45) is 10.3. The Morgan fingerprint density at radius 3 is 2.54 bits per heavy atom. The molecule has 1 aliphatic heterocycles. The Bertz CT molecular complexity index is 244. The van der Waals surface area contributed by atoms with E-state index in [9.17, 15) is 0 Å². The molecule has 1 fully saturated rings. The predicted octanol–water partition coefficient (Wildman–Crippen LogP) is 3.14. The first-order chi connectivity index (χ1) is 6.22. The third kappa shape index (κ3) is 1.65. The van der Waals surface area contributed by atoms with Crippen molar-refractivity contribution in [3.05, 3.63) is 23.9 Å². The lowest BCUT2D eigenvalue weighted by Crippen LogP contribution is -2.41. The first-order valence-corrected chi connectivity index (χ1v) is 5.35. The van der Waals surface area contributed by atoms with Gasteiger partial charge in [-0.15, -0.1) is 0 Å². The van der Waals surface area contributed by atoms with Crippen LogP contribution in [0.1, 0.15) is 45.4 Å². The molecule has 13 heavy (non-hydrogen) atoms. The summed E-state index contributed by atoms with van der Waals surface area (Å²) in [6.45, 7) is 6.08. The van der Waals surface area contributed by atoms with E-state index in [1.165, 1.54) is 49.7 Å². The van der Waals surface area contributed by atoms with Crippen molar-refractivity contribution in [1.82, 2.24) is 5.32 Å². The van der Waals surface area contributed by atoms with Gasteiger partial charge >= 0.3 is 0 Å². The van der Waals surface area contributed by atoms with Gasteiger partial charge in [0.25, 0.3) is 0 Å². The Labute approximate surface area is 80.9 Å². The molecule has 0 aromatic carbocycles. The van der Waals surface area contributed by atoms with Crippen LogP contribution in [0.5, 0.6) is 0 Å². The summed E-state index contributed by atoms with van der Waals surface area (Å²) < 4.78 is 0. The second kappa shape index (κ2) is 3.21. The van der Waals surface area contributed by atoms with E-state index in [4.69, 9.17) is 0 Å². The summed E-state index contributed by atoms with van der Waals surface area (Å²) >= 11 is 0. The minimum Gasteiger partial charge on any atom is -0.385 e. The first-order valence-electron chi connectivity index (χ1n) is 5.35. The topological polar surface area (TPSA) is 12.0 Å². The molecule has 0 bridgehead atoms. The van der Waals surface area contributed by atoms with Crippen LogP contribution in [0, 0.1) is 0 Å². The molecule has 2 rings (SSSR count). The van der Waals surface area contributed by atoms with Crippen molar-refractivity contribution in [2.75, 3.05) is 0 Å². The molecular formula is C12H19N. The molecule has 72 valence electrons. The highest BCUT2D eigenvalue weighted by molar-refractivity contribution is 5.28. The smallest absolute Gasteiger partial charge is 0.0371 e. The monoisotopic (exact) mass is 177 g/mol. The van der Waals surface area contributed by atoms with E-state index in [-0.39, 0.29) is 0 Å². The summed E-state index contributed by atoms with van der Waals surface area (Å²) in [4.78, 5) is 0. The SMILES string of the molecule is C=C(C)C1=CNC2(CCCC2)CC1. The number of rotatable bonds is 1. The highest BCUT2D eigenvalue weighted by Crippen LogP contribution is 2.37. The summed E-state index contributed by atoms with van der Waals surface area (Å²) in [5.41, 5.74) is 3.11. The van der Waals surface area contributed by atoms with E-state index in [1.807, 2.05) is 0 Å². The van der Waals surface area contributed by atoms with Gasteiger partial charge in [-0.25, -0.2) is 0 Å². The fourth-order valence-electron chi connectivity index (χ4n) is 2.54. The molecule has 0 amide bonds. The van der Waals surface area contributed by atoms with E-state index in [1.54, 1.807) is 0 Å². The normalized spacial score (nSPS) is 25.5. The van der Waals surface area contributed by atoms with Crippen LogP contribution in [-0.2, 0) is 0 Å². The Hall–Kier alpha value is -0.720. The molecule has 1 saturated carbocycles. The lowest BCUT2D eigenvalue weighted by atomic mass is 9.85. The van der Waals surface area contributed by atoms with Crippen molar-refractivity contribution < 1.29 is 0 Å². The van der Waals surface area contributed by atoms with Gasteiger partial charge in [0.15, 0.2) is 0 Å². The van der Waals surface area contributed by atoms with Crippen molar-refractivity contribution in [3.8, 4) is 0 Å². The van der Waals surface area contributed by atoms with Gasteiger partial charge in [0.2, 0.25) is 0 Å². The highest BCUT2D eigenvalue weighted by atomic mass is 15.0. The van der Waals surface area contributed by atoms with Crippen LogP contribution in [0.15, 0.2) is 23.9 Å².